The van der Waals surface area contributed by atoms with Gasteiger partial charge in [-0.1, -0.05) is 12.8 Å². The average Bonchev–Trinajstić information content (AvgIpc) is 2.22. The number of aliphatic carboxylic acids is 1. The normalized spacial score (nSPS) is 28.8. The van der Waals surface area contributed by atoms with Crippen LogP contribution in [0.3, 0.4) is 0 Å². The van der Waals surface area contributed by atoms with Crippen molar-refractivity contribution < 1.29 is 14.7 Å². The monoisotopic (exact) mass is 223 g/mol. The zero-order valence-corrected chi connectivity index (χ0v) is 9.67. The van der Waals surface area contributed by atoms with Crippen molar-refractivity contribution in [3.05, 3.63) is 0 Å². The van der Waals surface area contributed by atoms with Crippen LogP contribution in [0.2, 0.25) is 0 Å². The van der Waals surface area contributed by atoms with E-state index in [1.165, 1.54) is 0 Å². The molecule has 0 heterocycles. The van der Waals surface area contributed by atoms with E-state index in [1.54, 1.807) is 6.92 Å². The first-order valence-corrected chi connectivity index (χ1v) is 5.48. The summed E-state index contributed by atoms with van der Waals surface area (Å²) in [5, 5.41) is 11.8. The smallest absolute Gasteiger partial charge is 0.329 e. The van der Waals surface area contributed by atoms with Gasteiger partial charge in [0.05, 0.1) is 0 Å². The van der Waals surface area contributed by atoms with Gasteiger partial charge in [0.25, 0.3) is 5.91 Å². The summed E-state index contributed by atoms with van der Waals surface area (Å²) in [4.78, 5) is 22.6. The lowest BCUT2D eigenvalue weighted by Gasteiger charge is -2.35. The van der Waals surface area contributed by atoms with E-state index < -0.39 is 17.4 Å². The number of carbonyl (C=O) groups excluding carboxylic acids is 1. The number of carboxylic acid groups (broad SMARTS) is 1. The molecule has 0 aliphatic heterocycles. The Hall–Kier alpha value is -1.50. The van der Waals surface area contributed by atoms with Gasteiger partial charge in [-0.2, -0.15) is 0 Å². The molecule has 16 heavy (non-hydrogen) atoms. The van der Waals surface area contributed by atoms with Gasteiger partial charge in [-0.25, -0.2) is 4.79 Å². The molecule has 4 nitrogen and oxygen atoms in total. The summed E-state index contributed by atoms with van der Waals surface area (Å²) in [5.41, 5.74) is -1.10. The number of carboxylic acids is 1. The summed E-state index contributed by atoms with van der Waals surface area (Å²) in [6.07, 6.45) is 2.62. The van der Waals surface area contributed by atoms with Crippen LogP contribution in [-0.4, -0.2) is 22.5 Å². The van der Waals surface area contributed by atoms with Crippen LogP contribution in [-0.2, 0) is 9.59 Å². The number of rotatable bonds is 2. The molecule has 2 N–H and O–H groups in total. The van der Waals surface area contributed by atoms with Gasteiger partial charge in [-0.15, -0.1) is 0 Å². The minimum atomic E-state index is -1.10. The molecule has 1 fully saturated rings. The third-order valence-corrected chi connectivity index (χ3v) is 3.13. The van der Waals surface area contributed by atoms with Crippen LogP contribution in [0.25, 0.3) is 0 Å². The van der Waals surface area contributed by atoms with Crippen LogP contribution in [0.5, 0.6) is 0 Å². The van der Waals surface area contributed by atoms with Crippen molar-refractivity contribution in [1.29, 1.82) is 0 Å². The van der Waals surface area contributed by atoms with Crippen LogP contribution in [0.1, 0.15) is 39.5 Å². The fourth-order valence-corrected chi connectivity index (χ4v) is 2.01. The standard InChI is InChI=1S/C12H17NO3/c1-3-4-10(14)13-12(11(15)16)7-5-9(2)6-8-12/h9H,5-8H2,1-2H3,(H,13,14)(H,15,16). The number of hydrogen-bond acceptors (Lipinski definition) is 2. The third kappa shape index (κ3) is 2.75. The Morgan fingerprint density at radius 1 is 1.38 bits per heavy atom. The molecular formula is C12H17NO3. The molecule has 1 amide bonds. The molecule has 1 rings (SSSR count). The van der Waals surface area contributed by atoms with Crippen molar-refractivity contribution in [3.63, 3.8) is 0 Å². The predicted octanol–water partition coefficient (Wildman–Crippen LogP) is 1.16. The van der Waals surface area contributed by atoms with Crippen LogP contribution < -0.4 is 5.32 Å². The maximum Gasteiger partial charge on any atom is 0.329 e. The van der Waals surface area contributed by atoms with Crippen molar-refractivity contribution >= 4 is 11.9 Å². The van der Waals surface area contributed by atoms with Gasteiger partial charge in [-0.3, -0.25) is 4.79 Å². The van der Waals surface area contributed by atoms with Crippen LogP contribution in [0.4, 0.5) is 0 Å². The van der Waals surface area contributed by atoms with Gasteiger partial charge in [0, 0.05) is 0 Å². The highest BCUT2D eigenvalue weighted by Crippen LogP contribution is 2.32. The molecule has 0 aromatic heterocycles. The summed E-state index contributed by atoms with van der Waals surface area (Å²) in [5.74, 6) is 3.86. The Labute approximate surface area is 95.4 Å². The SMILES string of the molecule is CC#CC(=O)NC1(C(=O)O)CCC(C)CC1. The molecule has 1 aliphatic rings. The predicted molar refractivity (Wildman–Crippen MR) is 59.6 cm³/mol. The molecule has 88 valence electrons. The molecule has 1 aliphatic carbocycles. The molecular weight excluding hydrogens is 206 g/mol. The van der Waals surface area contributed by atoms with Crippen LogP contribution in [0.15, 0.2) is 0 Å². The summed E-state index contributed by atoms with van der Waals surface area (Å²) < 4.78 is 0. The molecule has 0 unspecified atom stereocenters. The first-order chi connectivity index (χ1) is 7.50. The zero-order valence-electron chi connectivity index (χ0n) is 9.67. The molecule has 0 aromatic rings. The van der Waals surface area contributed by atoms with Gasteiger partial charge in [0.2, 0.25) is 0 Å². The van der Waals surface area contributed by atoms with Gasteiger partial charge < -0.3 is 10.4 Å². The Morgan fingerprint density at radius 2 is 1.94 bits per heavy atom. The van der Waals surface area contributed by atoms with Gasteiger partial charge in [0.1, 0.15) is 5.54 Å². The fourth-order valence-electron chi connectivity index (χ4n) is 2.01. The topological polar surface area (TPSA) is 66.4 Å². The quantitative estimate of drug-likeness (QED) is 0.690. The van der Waals surface area contributed by atoms with E-state index in [1.807, 2.05) is 0 Å². The fraction of sp³-hybridized carbons (Fsp3) is 0.667. The van der Waals surface area contributed by atoms with E-state index in [2.05, 4.69) is 24.1 Å². The van der Waals surface area contributed by atoms with E-state index >= 15 is 0 Å². The Bertz CT molecular complexity index is 343. The Kier molecular flexibility index (Phi) is 3.94. The van der Waals surface area contributed by atoms with Crippen molar-refractivity contribution in [2.75, 3.05) is 0 Å². The summed E-state index contributed by atoms with van der Waals surface area (Å²) >= 11 is 0. The second kappa shape index (κ2) is 5.02. The van der Waals surface area contributed by atoms with Crippen LogP contribution in [0, 0.1) is 17.8 Å². The first kappa shape index (κ1) is 12.6. The maximum atomic E-state index is 11.4. The average molecular weight is 223 g/mol. The van der Waals surface area contributed by atoms with Crippen molar-refractivity contribution in [1.82, 2.24) is 5.32 Å². The van der Waals surface area contributed by atoms with Gasteiger partial charge >= 0.3 is 5.97 Å². The molecule has 0 radical (unpaired) electrons. The Morgan fingerprint density at radius 3 is 2.38 bits per heavy atom. The highest BCUT2D eigenvalue weighted by molar-refractivity contribution is 5.97. The number of nitrogens with one attached hydrogen (secondary N) is 1. The summed E-state index contributed by atoms with van der Waals surface area (Å²) in [6, 6.07) is 0. The second-order valence-corrected chi connectivity index (χ2v) is 4.40. The van der Waals surface area contributed by atoms with Crippen molar-refractivity contribution in [2.45, 2.75) is 45.1 Å². The number of hydrogen-bond donors (Lipinski definition) is 2. The summed E-state index contributed by atoms with van der Waals surface area (Å²) in [7, 11) is 0. The number of carbonyl (C=O) groups is 2. The minimum absolute atomic E-state index is 0.487. The molecule has 1 saturated carbocycles. The molecule has 4 heteroatoms. The first-order valence-electron chi connectivity index (χ1n) is 5.48. The maximum absolute atomic E-state index is 11.4. The zero-order chi connectivity index (χ0) is 12.2. The van der Waals surface area contributed by atoms with E-state index in [0.717, 1.165) is 12.8 Å². The van der Waals surface area contributed by atoms with E-state index in [9.17, 15) is 14.7 Å². The lowest BCUT2D eigenvalue weighted by Crippen LogP contribution is -2.56. The molecule has 0 spiro atoms. The molecule has 0 aromatic carbocycles. The van der Waals surface area contributed by atoms with E-state index in [4.69, 9.17) is 0 Å². The van der Waals surface area contributed by atoms with E-state index in [0.29, 0.717) is 18.8 Å². The van der Waals surface area contributed by atoms with Gasteiger partial charge in [-0.05, 0) is 44.4 Å². The lowest BCUT2D eigenvalue weighted by molar-refractivity contribution is -0.148. The summed E-state index contributed by atoms with van der Waals surface area (Å²) in [6.45, 7) is 3.65. The number of amides is 1. The largest absolute Gasteiger partial charge is 0.480 e. The Balaban J connectivity index is 2.77. The molecule has 0 atom stereocenters. The highest BCUT2D eigenvalue weighted by Gasteiger charge is 2.42. The second-order valence-electron chi connectivity index (χ2n) is 4.40. The van der Waals surface area contributed by atoms with Gasteiger partial charge in [0.15, 0.2) is 0 Å². The van der Waals surface area contributed by atoms with Crippen molar-refractivity contribution in [2.24, 2.45) is 5.92 Å². The third-order valence-electron chi connectivity index (χ3n) is 3.13. The van der Waals surface area contributed by atoms with E-state index in [-0.39, 0.29) is 0 Å². The highest BCUT2D eigenvalue weighted by atomic mass is 16.4. The lowest BCUT2D eigenvalue weighted by atomic mass is 9.77. The van der Waals surface area contributed by atoms with Crippen molar-refractivity contribution in [3.8, 4) is 11.8 Å². The molecule has 0 saturated heterocycles. The minimum Gasteiger partial charge on any atom is -0.480 e. The molecule has 0 bridgehead atoms. The van der Waals surface area contributed by atoms with Crippen LogP contribution >= 0.6 is 0 Å².